The molecule has 1 aliphatic rings. The number of nitriles is 4. The average Bonchev–Trinajstić information content (AvgIpc) is 3.34. The van der Waals surface area contributed by atoms with E-state index in [4.69, 9.17) is 0 Å². The lowest BCUT2D eigenvalue weighted by molar-refractivity contribution is 0.189. The second-order valence-corrected chi connectivity index (χ2v) is 6.89. The summed E-state index contributed by atoms with van der Waals surface area (Å²) in [5.74, 6) is 0. The Bertz CT molecular complexity index is 784. The number of piperazine rings is 1. The predicted molar refractivity (Wildman–Crippen MR) is 88.3 cm³/mol. The van der Waals surface area contributed by atoms with Crippen LogP contribution in [-0.4, -0.2) is 11.1 Å². The number of nitrogens with one attached hydrogen (secondary N) is 2. The van der Waals surface area contributed by atoms with Crippen molar-refractivity contribution in [3.63, 3.8) is 0 Å². The smallest absolute Gasteiger partial charge is 0.214 e. The normalized spacial score (nSPS) is 24.0. The van der Waals surface area contributed by atoms with Gasteiger partial charge >= 0.3 is 0 Å². The second kappa shape index (κ2) is 6.06. The van der Waals surface area contributed by atoms with Gasteiger partial charge in [0.05, 0.1) is 12.1 Å². The van der Waals surface area contributed by atoms with E-state index < -0.39 is 23.2 Å². The van der Waals surface area contributed by atoms with Crippen LogP contribution in [0, 0.1) is 45.3 Å². The van der Waals surface area contributed by atoms with E-state index in [1.54, 1.807) is 22.9 Å². The molecule has 0 radical (unpaired) electrons. The lowest BCUT2D eigenvalue weighted by Gasteiger charge is -2.46. The van der Waals surface area contributed by atoms with Gasteiger partial charge in [-0.05, 0) is 44.8 Å². The van der Waals surface area contributed by atoms with Gasteiger partial charge in [0, 0.05) is 0 Å². The highest BCUT2D eigenvalue weighted by Gasteiger charge is 2.57. The van der Waals surface area contributed by atoms with E-state index in [2.05, 4.69) is 10.6 Å². The molecule has 116 valence electrons. The summed E-state index contributed by atoms with van der Waals surface area (Å²) in [5.41, 5.74) is -1.81. The van der Waals surface area contributed by atoms with Gasteiger partial charge in [-0.3, -0.25) is 10.6 Å². The van der Waals surface area contributed by atoms with E-state index in [9.17, 15) is 21.0 Å². The van der Waals surface area contributed by atoms with Crippen LogP contribution in [0.2, 0.25) is 0 Å². The molecule has 0 spiro atoms. The maximum Gasteiger partial charge on any atom is 0.214 e. The first kappa shape index (κ1) is 16.1. The van der Waals surface area contributed by atoms with Gasteiger partial charge in [-0.15, -0.1) is 0 Å². The molecule has 2 aromatic rings. The van der Waals surface area contributed by atoms with Crippen LogP contribution in [0.15, 0.2) is 33.7 Å². The van der Waals surface area contributed by atoms with Crippen molar-refractivity contribution >= 4 is 22.7 Å². The van der Waals surface area contributed by atoms with Crippen LogP contribution in [0.4, 0.5) is 0 Å². The highest BCUT2D eigenvalue weighted by molar-refractivity contribution is 7.08. The first-order valence-corrected chi connectivity index (χ1v) is 8.78. The molecule has 1 fully saturated rings. The summed E-state index contributed by atoms with van der Waals surface area (Å²) >= 11 is 2.84. The van der Waals surface area contributed by atoms with E-state index in [-0.39, 0.29) is 0 Å². The minimum absolute atomic E-state index is 0.689. The van der Waals surface area contributed by atoms with Gasteiger partial charge in [0.15, 0.2) is 0 Å². The van der Waals surface area contributed by atoms with E-state index in [0.717, 1.165) is 0 Å². The quantitative estimate of drug-likeness (QED) is 0.858. The number of rotatable bonds is 2. The maximum absolute atomic E-state index is 9.71. The SMILES string of the molecule is N#CC1(C#N)N[C@@H](c2ccsc2)C(C#N)(C#N)N[C@@H]1c1ccsc1. The Morgan fingerprint density at radius 2 is 1.12 bits per heavy atom. The summed E-state index contributed by atoms with van der Waals surface area (Å²) in [5, 5.41) is 52.0. The van der Waals surface area contributed by atoms with Gasteiger partial charge in [-0.2, -0.15) is 43.7 Å². The summed E-state index contributed by atoms with van der Waals surface area (Å²) < 4.78 is 0. The fraction of sp³-hybridized carbons (Fsp3) is 0.250. The van der Waals surface area contributed by atoms with Crippen molar-refractivity contribution in [2.24, 2.45) is 0 Å². The minimum atomic E-state index is -1.59. The summed E-state index contributed by atoms with van der Waals surface area (Å²) in [6.45, 7) is 0. The largest absolute Gasteiger partial charge is 0.275 e. The highest BCUT2D eigenvalue weighted by atomic mass is 32.1. The van der Waals surface area contributed by atoms with Crippen LogP contribution in [0.5, 0.6) is 0 Å². The third kappa shape index (κ3) is 2.27. The molecule has 2 atom stereocenters. The molecule has 2 N–H and O–H groups in total. The fourth-order valence-electron chi connectivity index (χ4n) is 2.82. The summed E-state index contributed by atoms with van der Waals surface area (Å²) in [4.78, 5) is 0. The molecule has 1 aliphatic heterocycles. The third-order valence-corrected chi connectivity index (χ3v) is 5.47. The molecule has 3 rings (SSSR count). The van der Waals surface area contributed by atoms with Crippen molar-refractivity contribution in [2.75, 3.05) is 0 Å². The number of nitrogens with zero attached hydrogens (tertiary/aromatic N) is 4. The molecule has 8 heteroatoms. The Morgan fingerprint density at radius 1 is 0.750 bits per heavy atom. The Hall–Kier alpha value is -2.72. The topological polar surface area (TPSA) is 119 Å². The standard InChI is InChI=1S/C16H10N6S2/c17-7-15(8-18)13(11-1-3-23-5-11)21-16(9-19,10-20)14(22-15)12-2-4-24-6-12/h1-6,13-14,21-22H/t13-,14+. The fourth-order valence-corrected chi connectivity index (χ4v) is 4.19. The van der Waals surface area contributed by atoms with Gasteiger partial charge in [-0.1, -0.05) is 0 Å². The Balaban J connectivity index is 2.17. The molecular formula is C16H10N6S2. The lowest BCUT2D eigenvalue weighted by Crippen LogP contribution is -2.69. The Morgan fingerprint density at radius 3 is 1.38 bits per heavy atom. The van der Waals surface area contributed by atoms with Crippen LogP contribution in [0.3, 0.4) is 0 Å². The summed E-state index contributed by atoms with van der Waals surface area (Å²) in [6, 6.07) is 10.1. The molecule has 0 unspecified atom stereocenters. The molecule has 0 bridgehead atoms. The number of hydrogen-bond donors (Lipinski definition) is 2. The predicted octanol–water partition coefficient (Wildman–Crippen LogP) is 2.36. The average molecular weight is 350 g/mol. The van der Waals surface area contributed by atoms with Crippen molar-refractivity contribution in [1.82, 2.24) is 10.6 Å². The van der Waals surface area contributed by atoms with E-state index in [0.29, 0.717) is 11.1 Å². The van der Waals surface area contributed by atoms with Crippen molar-refractivity contribution in [3.8, 4) is 24.3 Å². The van der Waals surface area contributed by atoms with Crippen molar-refractivity contribution < 1.29 is 0 Å². The third-order valence-electron chi connectivity index (χ3n) is 4.07. The van der Waals surface area contributed by atoms with Crippen LogP contribution < -0.4 is 10.6 Å². The van der Waals surface area contributed by atoms with Crippen molar-refractivity contribution in [3.05, 3.63) is 44.8 Å². The zero-order chi connectivity index (χ0) is 17.2. The van der Waals surface area contributed by atoms with E-state index in [1.807, 2.05) is 35.0 Å². The van der Waals surface area contributed by atoms with Gasteiger partial charge in [0.1, 0.15) is 24.3 Å². The number of hydrogen-bond acceptors (Lipinski definition) is 8. The van der Waals surface area contributed by atoms with Crippen LogP contribution in [0.1, 0.15) is 23.2 Å². The summed E-state index contributed by atoms with van der Waals surface area (Å²) in [7, 11) is 0. The molecule has 0 saturated carbocycles. The molecule has 24 heavy (non-hydrogen) atoms. The van der Waals surface area contributed by atoms with Crippen LogP contribution in [-0.2, 0) is 0 Å². The first-order valence-electron chi connectivity index (χ1n) is 6.89. The monoisotopic (exact) mass is 350 g/mol. The van der Waals surface area contributed by atoms with Gasteiger partial charge in [0.25, 0.3) is 0 Å². The molecule has 3 heterocycles. The molecule has 0 aliphatic carbocycles. The van der Waals surface area contributed by atoms with Gasteiger partial charge in [0.2, 0.25) is 11.1 Å². The van der Waals surface area contributed by atoms with Crippen LogP contribution >= 0.6 is 22.7 Å². The lowest BCUT2D eigenvalue weighted by atomic mass is 9.76. The number of thiophene rings is 2. The maximum atomic E-state index is 9.71. The van der Waals surface area contributed by atoms with Crippen molar-refractivity contribution in [2.45, 2.75) is 23.2 Å². The molecule has 1 saturated heterocycles. The second-order valence-electron chi connectivity index (χ2n) is 5.33. The van der Waals surface area contributed by atoms with Crippen LogP contribution in [0.25, 0.3) is 0 Å². The van der Waals surface area contributed by atoms with Gasteiger partial charge in [-0.25, -0.2) is 0 Å². The zero-order valence-corrected chi connectivity index (χ0v) is 13.9. The Kier molecular flexibility index (Phi) is 4.08. The molecular weight excluding hydrogens is 340 g/mol. The zero-order valence-electron chi connectivity index (χ0n) is 12.2. The first-order chi connectivity index (χ1) is 11.6. The highest BCUT2D eigenvalue weighted by Crippen LogP contribution is 2.41. The minimum Gasteiger partial charge on any atom is -0.275 e. The van der Waals surface area contributed by atoms with E-state index in [1.165, 1.54) is 22.7 Å². The molecule has 6 nitrogen and oxygen atoms in total. The van der Waals surface area contributed by atoms with Gasteiger partial charge < -0.3 is 0 Å². The van der Waals surface area contributed by atoms with E-state index >= 15 is 0 Å². The molecule has 2 aromatic heterocycles. The Labute approximate surface area is 146 Å². The van der Waals surface area contributed by atoms with Crippen molar-refractivity contribution in [1.29, 1.82) is 21.0 Å². The molecule has 0 aromatic carbocycles. The molecule has 0 amide bonds. The summed E-state index contributed by atoms with van der Waals surface area (Å²) in [6.07, 6.45) is 0.